The molecule has 1 amide bonds. The Balaban J connectivity index is 1.55. The lowest BCUT2D eigenvalue weighted by atomic mass is 10.0. The zero-order chi connectivity index (χ0) is 17.4. The van der Waals surface area contributed by atoms with E-state index in [1.54, 1.807) is 0 Å². The minimum Gasteiger partial charge on any atom is -0.354 e. The third kappa shape index (κ3) is 3.20. The Hall–Kier alpha value is -1.81. The number of benzene rings is 1. The number of aryl methyl sites for hydroxylation is 1. The summed E-state index contributed by atoms with van der Waals surface area (Å²) in [6, 6.07) is 6.77. The van der Waals surface area contributed by atoms with E-state index in [-0.39, 0.29) is 11.8 Å². The average molecular weight is 339 g/mol. The molecule has 1 aromatic carbocycles. The van der Waals surface area contributed by atoms with Crippen LogP contribution in [0, 0.1) is 12.8 Å². The summed E-state index contributed by atoms with van der Waals surface area (Å²) in [6.45, 7) is 5.90. The van der Waals surface area contributed by atoms with Gasteiger partial charge >= 0.3 is 0 Å². The van der Waals surface area contributed by atoms with E-state index in [9.17, 15) is 4.79 Å². The van der Waals surface area contributed by atoms with E-state index in [0.29, 0.717) is 0 Å². The van der Waals surface area contributed by atoms with Gasteiger partial charge in [0.15, 0.2) is 0 Å². The van der Waals surface area contributed by atoms with Gasteiger partial charge in [0.1, 0.15) is 0 Å². The Morgan fingerprint density at radius 2 is 2.08 bits per heavy atom. The van der Waals surface area contributed by atoms with Crippen molar-refractivity contribution in [3.8, 4) is 0 Å². The van der Waals surface area contributed by atoms with E-state index in [1.165, 1.54) is 40.6 Å². The summed E-state index contributed by atoms with van der Waals surface area (Å²) in [4.78, 5) is 14.7. The van der Waals surface area contributed by atoms with Gasteiger partial charge in [-0.3, -0.25) is 4.79 Å². The standard InChI is InChI=1S/C21H29N3O/c1-15-7-8-19-17(13-15)18-14-23(2)11-9-20(18)24(19)12-10-22-21(25)16-5-3-4-6-16/h7-8,13,16H,3-6,9-12,14H2,1-2H3,(H,22,25). The molecular formula is C21H29N3O. The largest absolute Gasteiger partial charge is 0.354 e. The quantitative estimate of drug-likeness (QED) is 0.928. The van der Waals surface area contributed by atoms with E-state index in [2.05, 4.69) is 47.0 Å². The van der Waals surface area contributed by atoms with Crippen LogP contribution in [0.1, 0.15) is 42.5 Å². The normalized spacial score (nSPS) is 18.6. The molecule has 134 valence electrons. The first-order chi connectivity index (χ1) is 12.1. The Morgan fingerprint density at radius 3 is 2.88 bits per heavy atom. The minimum absolute atomic E-state index is 0.256. The fraction of sp³-hybridized carbons (Fsp3) is 0.571. The summed E-state index contributed by atoms with van der Waals surface area (Å²) < 4.78 is 2.45. The summed E-state index contributed by atoms with van der Waals surface area (Å²) in [5.41, 5.74) is 5.58. The summed E-state index contributed by atoms with van der Waals surface area (Å²) in [7, 11) is 2.20. The van der Waals surface area contributed by atoms with Crippen LogP contribution in [-0.4, -0.2) is 35.5 Å². The van der Waals surface area contributed by atoms with Crippen LogP contribution in [0.15, 0.2) is 18.2 Å². The van der Waals surface area contributed by atoms with E-state index < -0.39 is 0 Å². The van der Waals surface area contributed by atoms with Gasteiger partial charge in [0, 0.05) is 55.1 Å². The smallest absolute Gasteiger partial charge is 0.223 e. The molecule has 1 N–H and O–H groups in total. The molecule has 0 bridgehead atoms. The number of fused-ring (bicyclic) bond motifs is 3. The number of carbonyl (C=O) groups excluding carboxylic acids is 1. The zero-order valence-corrected chi connectivity index (χ0v) is 15.5. The van der Waals surface area contributed by atoms with Gasteiger partial charge in [0.2, 0.25) is 5.91 Å². The Kier molecular flexibility index (Phi) is 4.55. The lowest BCUT2D eigenvalue weighted by molar-refractivity contribution is -0.124. The number of hydrogen-bond acceptors (Lipinski definition) is 2. The molecule has 4 nitrogen and oxygen atoms in total. The van der Waals surface area contributed by atoms with Crippen molar-refractivity contribution < 1.29 is 4.79 Å². The summed E-state index contributed by atoms with van der Waals surface area (Å²) >= 11 is 0. The number of rotatable bonds is 4. The van der Waals surface area contributed by atoms with Gasteiger partial charge in [-0.05, 0) is 44.5 Å². The van der Waals surface area contributed by atoms with Crippen molar-refractivity contribution >= 4 is 16.8 Å². The SMILES string of the molecule is Cc1ccc2c(c1)c1c(n2CCNC(=O)C2CCCC2)CCN(C)C1. The fourth-order valence-corrected chi connectivity index (χ4v) is 4.58. The third-order valence-electron chi connectivity index (χ3n) is 5.96. The van der Waals surface area contributed by atoms with Gasteiger partial charge in [-0.1, -0.05) is 24.5 Å². The molecule has 2 aromatic rings. The number of amides is 1. The van der Waals surface area contributed by atoms with Crippen LogP contribution in [-0.2, 0) is 24.3 Å². The highest BCUT2D eigenvalue weighted by Gasteiger charge is 2.24. The van der Waals surface area contributed by atoms with Crippen LogP contribution < -0.4 is 5.32 Å². The predicted molar refractivity (Wildman–Crippen MR) is 102 cm³/mol. The van der Waals surface area contributed by atoms with Crippen molar-refractivity contribution in [2.75, 3.05) is 20.1 Å². The van der Waals surface area contributed by atoms with Gasteiger partial charge in [-0.15, -0.1) is 0 Å². The molecular weight excluding hydrogens is 310 g/mol. The molecule has 1 aliphatic heterocycles. The maximum Gasteiger partial charge on any atom is 0.223 e. The molecule has 0 saturated heterocycles. The van der Waals surface area contributed by atoms with Crippen LogP contribution in [0.5, 0.6) is 0 Å². The second-order valence-corrected chi connectivity index (χ2v) is 7.86. The van der Waals surface area contributed by atoms with Gasteiger partial charge < -0.3 is 14.8 Å². The van der Waals surface area contributed by atoms with E-state index in [4.69, 9.17) is 0 Å². The molecule has 1 fully saturated rings. The van der Waals surface area contributed by atoms with Crippen LogP contribution in [0.4, 0.5) is 0 Å². The zero-order valence-electron chi connectivity index (χ0n) is 15.5. The Bertz CT molecular complexity index is 786. The molecule has 0 atom stereocenters. The highest BCUT2D eigenvalue weighted by molar-refractivity contribution is 5.86. The number of aromatic nitrogens is 1. The van der Waals surface area contributed by atoms with Crippen molar-refractivity contribution in [1.29, 1.82) is 0 Å². The average Bonchev–Trinajstić information content (AvgIpc) is 3.22. The molecule has 2 heterocycles. The number of likely N-dealkylation sites (N-methyl/N-ethyl adjacent to an activating group) is 1. The molecule has 1 saturated carbocycles. The van der Waals surface area contributed by atoms with E-state index in [0.717, 1.165) is 45.4 Å². The lowest BCUT2D eigenvalue weighted by Crippen LogP contribution is -2.33. The fourth-order valence-electron chi connectivity index (χ4n) is 4.58. The Morgan fingerprint density at radius 1 is 1.28 bits per heavy atom. The van der Waals surface area contributed by atoms with Gasteiger partial charge in [-0.25, -0.2) is 0 Å². The minimum atomic E-state index is 0.256. The summed E-state index contributed by atoms with van der Waals surface area (Å²) in [6.07, 6.45) is 5.65. The first-order valence-corrected chi connectivity index (χ1v) is 9.70. The highest BCUT2D eigenvalue weighted by atomic mass is 16.1. The van der Waals surface area contributed by atoms with Crippen LogP contribution in [0.2, 0.25) is 0 Å². The molecule has 1 aromatic heterocycles. The highest BCUT2D eigenvalue weighted by Crippen LogP contribution is 2.31. The number of nitrogens with one attached hydrogen (secondary N) is 1. The maximum atomic E-state index is 12.3. The van der Waals surface area contributed by atoms with Gasteiger partial charge in [0.25, 0.3) is 0 Å². The molecule has 2 aliphatic rings. The number of hydrogen-bond donors (Lipinski definition) is 1. The van der Waals surface area contributed by atoms with E-state index >= 15 is 0 Å². The maximum absolute atomic E-state index is 12.3. The number of carbonyl (C=O) groups is 1. The third-order valence-corrected chi connectivity index (χ3v) is 5.96. The number of nitrogens with zero attached hydrogens (tertiary/aromatic N) is 2. The molecule has 4 rings (SSSR count). The van der Waals surface area contributed by atoms with Crippen LogP contribution in [0.3, 0.4) is 0 Å². The second-order valence-electron chi connectivity index (χ2n) is 7.86. The Labute approximate surface area is 150 Å². The summed E-state index contributed by atoms with van der Waals surface area (Å²) in [5, 5.41) is 4.58. The van der Waals surface area contributed by atoms with Crippen molar-refractivity contribution in [2.24, 2.45) is 5.92 Å². The van der Waals surface area contributed by atoms with Crippen LogP contribution in [0.25, 0.3) is 10.9 Å². The van der Waals surface area contributed by atoms with E-state index in [1.807, 2.05) is 0 Å². The monoisotopic (exact) mass is 339 g/mol. The molecule has 4 heteroatoms. The van der Waals surface area contributed by atoms with Crippen molar-refractivity contribution in [3.05, 3.63) is 35.0 Å². The molecule has 0 unspecified atom stereocenters. The van der Waals surface area contributed by atoms with Gasteiger partial charge in [0.05, 0.1) is 0 Å². The van der Waals surface area contributed by atoms with Crippen molar-refractivity contribution in [1.82, 2.24) is 14.8 Å². The molecule has 25 heavy (non-hydrogen) atoms. The second kappa shape index (κ2) is 6.83. The van der Waals surface area contributed by atoms with Crippen molar-refractivity contribution in [3.63, 3.8) is 0 Å². The molecule has 0 radical (unpaired) electrons. The lowest BCUT2D eigenvalue weighted by Gasteiger charge is -2.24. The molecule has 1 aliphatic carbocycles. The predicted octanol–water partition coefficient (Wildman–Crippen LogP) is 3.24. The first-order valence-electron chi connectivity index (χ1n) is 9.70. The molecule has 0 spiro atoms. The van der Waals surface area contributed by atoms with Crippen molar-refractivity contribution in [2.45, 2.75) is 52.1 Å². The summed E-state index contributed by atoms with van der Waals surface area (Å²) in [5.74, 6) is 0.519. The van der Waals surface area contributed by atoms with Gasteiger partial charge in [-0.2, -0.15) is 0 Å². The topological polar surface area (TPSA) is 37.3 Å². The first kappa shape index (κ1) is 16.6. The van der Waals surface area contributed by atoms with Crippen LogP contribution >= 0.6 is 0 Å².